The lowest BCUT2D eigenvalue weighted by Crippen LogP contribution is -2.34. The SMILES string of the molecule is C[C@@H](OC(=O)c1cccc([N+](=O)[O-])c1)C(=O)N(C)C. The Labute approximate surface area is 109 Å². The number of hydrogen-bond acceptors (Lipinski definition) is 5. The molecular formula is C12H14N2O5. The third-order valence-corrected chi connectivity index (χ3v) is 2.37. The molecule has 7 heteroatoms. The number of benzene rings is 1. The Morgan fingerprint density at radius 2 is 2.00 bits per heavy atom. The predicted molar refractivity (Wildman–Crippen MR) is 66.7 cm³/mol. The van der Waals surface area contributed by atoms with Crippen molar-refractivity contribution in [3.05, 3.63) is 39.9 Å². The predicted octanol–water partition coefficient (Wildman–Crippen LogP) is 1.23. The molecular weight excluding hydrogens is 252 g/mol. The zero-order chi connectivity index (χ0) is 14.6. The number of carbonyl (C=O) groups is 2. The van der Waals surface area contributed by atoms with Gasteiger partial charge in [0.25, 0.3) is 11.6 Å². The van der Waals surface area contributed by atoms with Gasteiger partial charge in [-0.05, 0) is 13.0 Å². The maximum Gasteiger partial charge on any atom is 0.339 e. The second-order valence-electron chi connectivity index (χ2n) is 4.09. The highest BCUT2D eigenvalue weighted by Gasteiger charge is 2.21. The lowest BCUT2D eigenvalue weighted by molar-refractivity contribution is -0.384. The van der Waals surface area contributed by atoms with E-state index in [2.05, 4.69) is 0 Å². The fourth-order valence-corrected chi connectivity index (χ4v) is 1.39. The van der Waals surface area contributed by atoms with Crippen LogP contribution in [0.5, 0.6) is 0 Å². The van der Waals surface area contributed by atoms with E-state index in [9.17, 15) is 19.7 Å². The summed E-state index contributed by atoms with van der Waals surface area (Å²) in [4.78, 5) is 34.5. The van der Waals surface area contributed by atoms with Crippen LogP contribution < -0.4 is 0 Å². The van der Waals surface area contributed by atoms with E-state index in [4.69, 9.17) is 4.74 Å². The van der Waals surface area contributed by atoms with Crippen LogP contribution >= 0.6 is 0 Å². The number of amides is 1. The first-order chi connectivity index (χ1) is 8.82. The number of nitrogens with zero attached hydrogens (tertiary/aromatic N) is 2. The zero-order valence-corrected chi connectivity index (χ0v) is 10.8. The van der Waals surface area contributed by atoms with Crippen molar-refractivity contribution in [3.8, 4) is 0 Å². The number of carbonyl (C=O) groups excluding carboxylic acids is 2. The van der Waals surface area contributed by atoms with E-state index in [0.717, 1.165) is 6.07 Å². The first kappa shape index (κ1) is 14.6. The number of esters is 1. The number of nitro benzene ring substituents is 1. The van der Waals surface area contributed by atoms with Gasteiger partial charge in [0, 0.05) is 26.2 Å². The zero-order valence-electron chi connectivity index (χ0n) is 10.8. The Hall–Kier alpha value is -2.44. The molecule has 0 aliphatic heterocycles. The number of hydrogen-bond donors (Lipinski definition) is 0. The van der Waals surface area contributed by atoms with E-state index in [-0.39, 0.29) is 17.2 Å². The number of likely N-dealkylation sites (N-methyl/N-ethyl adjacent to an activating group) is 1. The average Bonchev–Trinajstić information content (AvgIpc) is 2.37. The highest BCUT2D eigenvalue weighted by atomic mass is 16.6. The maximum absolute atomic E-state index is 11.7. The van der Waals surface area contributed by atoms with Crippen molar-refractivity contribution in [2.75, 3.05) is 14.1 Å². The molecule has 0 spiro atoms. The molecule has 102 valence electrons. The van der Waals surface area contributed by atoms with Crippen LogP contribution in [0.3, 0.4) is 0 Å². The van der Waals surface area contributed by atoms with Gasteiger partial charge in [-0.15, -0.1) is 0 Å². The monoisotopic (exact) mass is 266 g/mol. The smallest absolute Gasteiger partial charge is 0.339 e. The summed E-state index contributed by atoms with van der Waals surface area (Å²) in [7, 11) is 3.08. The molecule has 19 heavy (non-hydrogen) atoms. The molecule has 0 unspecified atom stereocenters. The molecule has 1 aromatic rings. The Morgan fingerprint density at radius 3 is 2.53 bits per heavy atom. The summed E-state index contributed by atoms with van der Waals surface area (Å²) in [6.45, 7) is 1.44. The molecule has 0 fully saturated rings. The van der Waals surface area contributed by atoms with Crippen molar-refractivity contribution in [2.45, 2.75) is 13.0 Å². The quantitative estimate of drug-likeness (QED) is 0.464. The van der Waals surface area contributed by atoms with Crippen molar-refractivity contribution in [3.63, 3.8) is 0 Å². The highest BCUT2D eigenvalue weighted by molar-refractivity contribution is 5.92. The van der Waals surface area contributed by atoms with Crippen LogP contribution in [0.15, 0.2) is 24.3 Å². The second-order valence-corrected chi connectivity index (χ2v) is 4.09. The topological polar surface area (TPSA) is 89.7 Å². The first-order valence-electron chi connectivity index (χ1n) is 5.49. The van der Waals surface area contributed by atoms with Gasteiger partial charge >= 0.3 is 5.97 Å². The van der Waals surface area contributed by atoms with E-state index < -0.39 is 17.0 Å². The molecule has 7 nitrogen and oxygen atoms in total. The minimum absolute atomic E-state index is 0.0348. The minimum atomic E-state index is -0.943. The molecule has 0 aliphatic carbocycles. The lowest BCUT2D eigenvalue weighted by Gasteiger charge is -2.17. The fraction of sp³-hybridized carbons (Fsp3) is 0.333. The molecule has 1 rings (SSSR count). The van der Waals surface area contributed by atoms with E-state index in [1.165, 1.54) is 30.0 Å². The molecule has 0 saturated heterocycles. The largest absolute Gasteiger partial charge is 0.449 e. The summed E-state index contributed by atoms with van der Waals surface area (Å²) in [6.07, 6.45) is -0.943. The second kappa shape index (κ2) is 5.94. The van der Waals surface area contributed by atoms with Gasteiger partial charge in [0.2, 0.25) is 0 Å². The Kier molecular flexibility index (Phi) is 4.57. The molecule has 1 aromatic carbocycles. The lowest BCUT2D eigenvalue weighted by atomic mass is 10.2. The van der Waals surface area contributed by atoms with Crippen LogP contribution in [-0.4, -0.2) is 41.9 Å². The number of nitro groups is 1. The normalized spacial score (nSPS) is 11.5. The first-order valence-corrected chi connectivity index (χ1v) is 5.49. The summed E-state index contributed by atoms with van der Waals surface area (Å²) >= 11 is 0. The Morgan fingerprint density at radius 1 is 1.37 bits per heavy atom. The summed E-state index contributed by atoms with van der Waals surface area (Å²) in [6, 6.07) is 5.15. The Bertz CT molecular complexity index is 513. The molecule has 0 radical (unpaired) electrons. The molecule has 1 amide bonds. The molecule has 1 atom stereocenters. The summed E-state index contributed by atoms with van der Waals surface area (Å²) in [5, 5.41) is 10.6. The van der Waals surface area contributed by atoms with E-state index >= 15 is 0 Å². The molecule has 0 N–H and O–H groups in total. The standard InChI is InChI=1S/C12H14N2O5/c1-8(11(15)13(2)3)19-12(16)9-5-4-6-10(7-9)14(17)18/h4-8H,1-3H3/t8-/m1/s1. The van der Waals surface area contributed by atoms with Gasteiger partial charge in [-0.2, -0.15) is 0 Å². The minimum Gasteiger partial charge on any atom is -0.449 e. The third-order valence-electron chi connectivity index (χ3n) is 2.37. The fourth-order valence-electron chi connectivity index (χ4n) is 1.39. The highest BCUT2D eigenvalue weighted by Crippen LogP contribution is 2.14. The van der Waals surface area contributed by atoms with Gasteiger partial charge in [-0.25, -0.2) is 4.79 Å². The van der Waals surface area contributed by atoms with Crippen LogP contribution in [-0.2, 0) is 9.53 Å². The van der Waals surface area contributed by atoms with Crippen molar-refractivity contribution in [1.82, 2.24) is 4.90 Å². The van der Waals surface area contributed by atoms with Crippen LogP contribution in [0.4, 0.5) is 5.69 Å². The van der Waals surface area contributed by atoms with Crippen molar-refractivity contribution < 1.29 is 19.2 Å². The third kappa shape index (κ3) is 3.77. The molecule has 0 heterocycles. The van der Waals surface area contributed by atoms with Crippen LogP contribution in [0.2, 0.25) is 0 Å². The van der Waals surface area contributed by atoms with Crippen molar-refractivity contribution in [2.24, 2.45) is 0 Å². The average molecular weight is 266 g/mol. The van der Waals surface area contributed by atoms with E-state index in [1.807, 2.05) is 0 Å². The molecule has 0 saturated carbocycles. The van der Waals surface area contributed by atoms with Crippen LogP contribution in [0.25, 0.3) is 0 Å². The van der Waals surface area contributed by atoms with Crippen LogP contribution in [0.1, 0.15) is 17.3 Å². The van der Waals surface area contributed by atoms with Gasteiger partial charge in [0.05, 0.1) is 10.5 Å². The van der Waals surface area contributed by atoms with E-state index in [0.29, 0.717) is 0 Å². The summed E-state index contributed by atoms with van der Waals surface area (Å²) in [5.74, 6) is -1.13. The molecule has 0 bridgehead atoms. The van der Waals surface area contributed by atoms with Gasteiger partial charge in [0.15, 0.2) is 6.10 Å². The van der Waals surface area contributed by atoms with Crippen molar-refractivity contribution in [1.29, 1.82) is 0 Å². The van der Waals surface area contributed by atoms with Gasteiger partial charge < -0.3 is 9.64 Å². The van der Waals surface area contributed by atoms with Gasteiger partial charge in [-0.3, -0.25) is 14.9 Å². The van der Waals surface area contributed by atoms with Gasteiger partial charge in [0.1, 0.15) is 0 Å². The van der Waals surface area contributed by atoms with Gasteiger partial charge in [-0.1, -0.05) is 6.07 Å². The maximum atomic E-state index is 11.7. The summed E-state index contributed by atoms with van der Waals surface area (Å²) in [5.41, 5.74) is -0.173. The number of ether oxygens (including phenoxy) is 1. The van der Waals surface area contributed by atoms with Crippen molar-refractivity contribution >= 4 is 17.6 Å². The van der Waals surface area contributed by atoms with Crippen LogP contribution in [0, 0.1) is 10.1 Å². The number of rotatable bonds is 4. The Balaban J connectivity index is 2.81. The van der Waals surface area contributed by atoms with E-state index in [1.54, 1.807) is 14.1 Å². The number of non-ortho nitro benzene ring substituents is 1. The summed E-state index contributed by atoms with van der Waals surface area (Å²) < 4.78 is 4.94. The molecule has 0 aliphatic rings. The molecule has 0 aromatic heterocycles.